The molecule has 1 aliphatic rings. The molecule has 0 spiro atoms. The van der Waals surface area contributed by atoms with Crippen LogP contribution in [-0.4, -0.2) is 11.8 Å². The van der Waals surface area contributed by atoms with Crippen LogP contribution >= 0.6 is 11.6 Å². The molecular weight excluding hydrogens is 312 g/mol. The molecule has 118 valence electrons. The minimum absolute atomic E-state index is 0.107. The number of nitrogens with one attached hydrogen (secondary N) is 2. The van der Waals surface area contributed by atoms with Gasteiger partial charge in [0.05, 0.1) is 6.04 Å². The number of fused-ring (bicyclic) bond motifs is 1. The summed E-state index contributed by atoms with van der Waals surface area (Å²) < 4.78 is 0. The van der Waals surface area contributed by atoms with Crippen LogP contribution < -0.4 is 10.6 Å². The van der Waals surface area contributed by atoms with Gasteiger partial charge in [-0.15, -0.1) is 0 Å². The molecule has 1 unspecified atom stereocenters. The van der Waals surface area contributed by atoms with Crippen LogP contribution in [0.25, 0.3) is 0 Å². The van der Waals surface area contributed by atoms with Crippen LogP contribution in [0.15, 0.2) is 42.5 Å². The van der Waals surface area contributed by atoms with E-state index < -0.39 is 11.8 Å². The molecule has 0 aromatic heterocycles. The number of hydrogen-bond donors (Lipinski definition) is 2. The highest BCUT2D eigenvalue weighted by Crippen LogP contribution is 2.30. The van der Waals surface area contributed by atoms with E-state index in [4.69, 9.17) is 11.6 Å². The number of benzene rings is 2. The maximum absolute atomic E-state index is 12.2. The zero-order valence-electron chi connectivity index (χ0n) is 12.7. The minimum atomic E-state index is -0.681. The summed E-state index contributed by atoms with van der Waals surface area (Å²) in [7, 11) is 0. The third-order valence-corrected chi connectivity index (χ3v) is 4.33. The number of anilines is 1. The topological polar surface area (TPSA) is 58.2 Å². The number of rotatable bonds is 2. The van der Waals surface area contributed by atoms with Gasteiger partial charge in [-0.2, -0.15) is 0 Å². The molecule has 5 heteroatoms. The van der Waals surface area contributed by atoms with Crippen LogP contribution in [0.4, 0.5) is 5.69 Å². The van der Waals surface area contributed by atoms with Crippen molar-refractivity contribution in [1.82, 2.24) is 5.32 Å². The van der Waals surface area contributed by atoms with Crippen molar-refractivity contribution >= 4 is 29.1 Å². The summed E-state index contributed by atoms with van der Waals surface area (Å²) in [5.74, 6) is -1.31. The molecule has 2 aromatic rings. The average molecular weight is 329 g/mol. The fourth-order valence-corrected chi connectivity index (χ4v) is 3.01. The lowest BCUT2D eigenvalue weighted by atomic mass is 10.1. The predicted octanol–water partition coefficient (Wildman–Crippen LogP) is 3.39. The van der Waals surface area contributed by atoms with Crippen LogP contribution in [0.2, 0.25) is 5.02 Å². The van der Waals surface area contributed by atoms with Gasteiger partial charge < -0.3 is 10.6 Å². The largest absolute Gasteiger partial charge is 0.341 e. The smallest absolute Gasteiger partial charge is 0.313 e. The van der Waals surface area contributed by atoms with E-state index in [9.17, 15) is 9.59 Å². The SMILES string of the molecule is Cc1ccc(Cl)cc1NC(=O)C(=O)NC1CCc2ccccc21. The molecule has 3 rings (SSSR count). The van der Waals surface area contributed by atoms with Gasteiger partial charge >= 0.3 is 11.8 Å². The summed E-state index contributed by atoms with van der Waals surface area (Å²) in [6, 6.07) is 13.0. The van der Waals surface area contributed by atoms with Crippen LogP contribution in [0.3, 0.4) is 0 Å². The van der Waals surface area contributed by atoms with E-state index in [1.54, 1.807) is 18.2 Å². The first-order chi connectivity index (χ1) is 11.0. The fourth-order valence-electron chi connectivity index (χ4n) is 2.84. The number of carbonyl (C=O) groups is 2. The van der Waals surface area contributed by atoms with Crippen molar-refractivity contribution in [2.24, 2.45) is 0 Å². The fraction of sp³-hybridized carbons (Fsp3) is 0.222. The highest BCUT2D eigenvalue weighted by Gasteiger charge is 2.26. The van der Waals surface area contributed by atoms with Crippen molar-refractivity contribution in [1.29, 1.82) is 0 Å². The Bertz CT molecular complexity index is 773. The highest BCUT2D eigenvalue weighted by atomic mass is 35.5. The molecule has 1 aliphatic carbocycles. The third-order valence-electron chi connectivity index (χ3n) is 4.09. The molecule has 4 nitrogen and oxygen atoms in total. The first kappa shape index (κ1) is 15.6. The quantitative estimate of drug-likeness (QED) is 0.830. The van der Waals surface area contributed by atoms with Crippen molar-refractivity contribution in [3.05, 3.63) is 64.2 Å². The van der Waals surface area contributed by atoms with Crippen LogP contribution in [0, 0.1) is 6.92 Å². The van der Waals surface area contributed by atoms with E-state index in [0.29, 0.717) is 10.7 Å². The molecule has 2 N–H and O–H groups in total. The molecule has 0 saturated heterocycles. The Kier molecular flexibility index (Phi) is 4.35. The number of carbonyl (C=O) groups excluding carboxylic acids is 2. The number of hydrogen-bond acceptors (Lipinski definition) is 2. The highest BCUT2D eigenvalue weighted by molar-refractivity contribution is 6.40. The van der Waals surface area contributed by atoms with Gasteiger partial charge in [0.25, 0.3) is 0 Å². The molecule has 2 aromatic carbocycles. The van der Waals surface area contributed by atoms with Crippen molar-refractivity contribution in [2.45, 2.75) is 25.8 Å². The van der Waals surface area contributed by atoms with Crippen LogP contribution in [0.5, 0.6) is 0 Å². The van der Waals surface area contributed by atoms with Crippen molar-refractivity contribution in [2.75, 3.05) is 5.32 Å². The van der Waals surface area contributed by atoms with Crippen molar-refractivity contribution < 1.29 is 9.59 Å². The van der Waals surface area contributed by atoms with E-state index in [-0.39, 0.29) is 6.04 Å². The summed E-state index contributed by atoms with van der Waals surface area (Å²) in [6.45, 7) is 1.84. The monoisotopic (exact) mass is 328 g/mol. The standard InChI is InChI=1S/C18H17ClN2O2/c1-11-6-8-13(19)10-16(11)21-18(23)17(22)20-15-9-7-12-4-2-3-5-14(12)15/h2-6,8,10,15H,7,9H2,1H3,(H,20,22)(H,21,23). The van der Waals surface area contributed by atoms with Gasteiger partial charge in [-0.05, 0) is 48.6 Å². The molecule has 0 fully saturated rings. The first-order valence-corrected chi connectivity index (χ1v) is 7.88. The summed E-state index contributed by atoms with van der Waals surface area (Å²) >= 11 is 5.92. The number of aryl methyl sites for hydroxylation is 2. The van der Waals surface area contributed by atoms with Gasteiger partial charge in [0.15, 0.2) is 0 Å². The second-order valence-corrected chi connectivity index (χ2v) is 6.11. The molecule has 0 saturated carbocycles. The molecule has 23 heavy (non-hydrogen) atoms. The van der Waals surface area contributed by atoms with E-state index in [1.165, 1.54) is 5.56 Å². The second kappa shape index (κ2) is 6.42. The Morgan fingerprint density at radius 1 is 1.13 bits per heavy atom. The Morgan fingerprint density at radius 3 is 2.74 bits per heavy atom. The Labute approximate surface area is 139 Å². The predicted molar refractivity (Wildman–Crippen MR) is 90.5 cm³/mol. The number of halogens is 1. The molecule has 0 bridgehead atoms. The second-order valence-electron chi connectivity index (χ2n) is 5.68. The third kappa shape index (κ3) is 3.37. The summed E-state index contributed by atoms with van der Waals surface area (Å²) in [4.78, 5) is 24.3. The Balaban J connectivity index is 1.67. The first-order valence-electron chi connectivity index (χ1n) is 7.50. The molecule has 0 heterocycles. The van der Waals surface area contributed by atoms with Gasteiger partial charge in [0, 0.05) is 10.7 Å². The Hall–Kier alpha value is -2.33. The van der Waals surface area contributed by atoms with E-state index in [1.807, 2.05) is 25.1 Å². The molecule has 0 aliphatic heterocycles. The van der Waals surface area contributed by atoms with Gasteiger partial charge in [-0.1, -0.05) is 41.9 Å². The van der Waals surface area contributed by atoms with Crippen molar-refractivity contribution in [3.8, 4) is 0 Å². The summed E-state index contributed by atoms with van der Waals surface area (Å²) in [5.41, 5.74) is 3.71. The van der Waals surface area contributed by atoms with Crippen LogP contribution in [-0.2, 0) is 16.0 Å². The molecular formula is C18H17ClN2O2. The lowest BCUT2D eigenvalue weighted by Crippen LogP contribution is -2.37. The van der Waals surface area contributed by atoms with Crippen LogP contribution in [0.1, 0.15) is 29.2 Å². The lowest BCUT2D eigenvalue weighted by Gasteiger charge is -2.14. The van der Waals surface area contributed by atoms with E-state index in [0.717, 1.165) is 24.0 Å². The summed E-state index contributed by atoms with van der Waals surface area (Å²) in [6.07, 6.45) is 1.73. The maximum Gasteiger partial charge on any atom is 0.313 e. The van der Waals surface area contributed by atoms with E-state index >= 15 is 0 Å². The van der Waals surface area contributed by atoms with E-state index in [2.05, 4.69) is 16.7 Å². The summed E-state index contributed by atoms with van der Waals surface area (Å²) in [5, 5.41) is 5.93. The van der Waals surface area contributed by atoms with Gasteiger partial charge in [0.1, 0.15) is 0 Å². The molecule has 1 atom stereocenters. The van der Waals surface area contributed by atoms with Gasteiger partial charge in [-0.3, -0.25) is 9.59 Å². The normalized spacial score (nSPS) is 15.8. The van der Waals surface area contributed by atoms with Crippen molar-refractivity contribution in [3.63, 3.8) is 0 Å². The molecule has 0 radical (unpaired) electrons. The maximum atomic E-state index is 12.2. The zero-order valence-corrected chi connectivity index (χ0v) is 13.5. The average Bonchev–Trinajstić information content (AvgIpc) is 2.94. The minimum Gasteiger partial charge on any atom is -0.341 e. The molecule has 2 amide bonds. The van der Waals surface area contributed by atoms with Gasteiger partial charge in [-0.25, -0.2) is 0 Å². The van der Waals surface area contributed by atoms with Gasteiger partial charge in [0.2, 0.25) is 0 Å². The zero-order chi connectivity index (χ0) is 16.4. The lowest BCUT2D eigenvalue weighted by molar-refractivity contribution is -0.136. The Morgan fingerprint density at radius 2 is 1.91 bits per heavy atom. The number of amides is 2.